The number of halogens is 3. The second kappa shape index (κ2) is 14.4. The minimum Gasteiger partial charge on any atom is -0.486 e. The molecule has 2 aliphatic rings. The Balaban J connectivity index is 1.17. The number of unbranched alkanes of at least 4 members (excludes halogenated alkanes) is 2. The van der Waals surface area contributed by atoms with Gasteiger partial charge in [0.25, 0.3) is 0 Å². The van der Waals surface area contributed by atoms with Crippen LogP contribution in [0.15, 0.2) is 67.3 Å². The monoisotopic (exact) mass is 574 g/mol. The largest absolute Gasteiger partial charge is 0.486 e. The van der Waals surface area contributed by atoms with Crippen LogP contribution in [0.3, 0.4) is 0 Å². The van der Waals surface area contributed by atoms with Crippen LogP contribution in [0.5, 0.6) is 5.75 Å². The summed E-state index contributed by atoms with van der Waals surface area (Å²) in [5.41, 5.74) is 3.16. The summed E-state index contributed by atoms with van der Waals surface area (Å²) in [5, 5.41) is 0. The summed E-state index contributed by atoms with van der Waals surface area (Å²) in [4.78, 5) is 0. The lowest BCUT2D eigenvalue weighted by atomic mass is 9.68. The molecule has 42 heavy (non-hydrogen) atoms. The predicted octanol–water partition coefficient (Wildman–Crippen LogP) is 11.7. The van der Waals surface area contributed by atoms with Gasteiger partial charge < -0.3 is 4.74 Å². The molecule has 2 saturated carbocycles. The number of rotatable bonds is 11. The van der Waals surface area contributed by atoms with Crippen LogP contribution in [0, 0.1) is 35.2 Å². The minimum absolute atomic E-state index is 0.0984. The van der Waals surface area contributed by atoms with Gasteiger partial charge in [-0.15, -0.1) is 0 Å². The van der Waals surface area contributed by atoms with E-state index in [4.69, 9.17) is 4.74 Å². The van der Waals surface area contributed by atoms with Gasteiger partial charge in [0.2, 0.25) is 5.82 Å². The maximum atomic E-state index is 15.4. The first-order chi connectivity index (χ1) is 20.5. The standard InChI is InChI=1S/C38H45F3O/c1-3-5-6-7-26-8-10-27(11-9-26)28-12-16-30(17-13-28)33-21-20-32(25-35(33)39)29-14-18-31(19-15-29)34-22-23-36(42-24-4-2)38(41)37(34)40/h4,14-15,18-23,25-28,30H,2-3,5-13,16-17,24H2,1H3. The van der Waals surface area contributed by atoms with Gasteiger partial charge in [-0.05, 0) is 103 Å². The van der Waals surface area contributed by atoms with Gasteiger partial charge in [0.05, 0.1) is 0 Å². The molecule has 0 unspecified atom stereocenters. The molecule has 0 spiro atoms. The lowest BCUT2D eigenvalue weighted by Gasteiger charge is -2.38. The Morgan fingerprint density at radius 3 is 2.02 bits per heavy atom. The van der Waals surface area contributed by atoms with Crippen molar-refractivity contribution in [1.82, 2.24) is 0 Å². The molecule has 224 valence electrons. The molecule has 0 aliphatic heterocycles. The highest BCUT2D eigenvalue weighted by molar-refractivity contribution is 5.71. The van der Waals surface area contributed by atoms with Crippen LogP contribution >= 0.6 is 0 Å². The molecule has 5 rings (SSSR count). The van der Waals surface area contributed by atoms with E-state index in [1.54, 1.807) is 18.2 Å². The normalized spacial score (nSPS) is 22.6. The van der Waals surface area contributed by atoms with E-state index in [0.29, 0.717) is 11.5 Å². The van der Waals surface area contributed by atoms with E-state index in [2.05, 4.69) is 13.5 Å². The second-order valence-corrected chi connectivity index (χ2v) is 12.5. The zero-order chi connectivity index (χ0) is 29.5. The molecule has 3 aromatic rings. The molecule has 0 atom stereocenters. The fourth-order valence-corrected chi connectivity index (χ4v) is 7.43. The van der Waals surface area contributed by atoms with Crippen molar-refractivity contribution in [2.45, 2.75) is 89.9 Å². The van der Waals surface area contributed by atoms with E-state index in [-0.39, 0.29) is 23.7 Å². The third-order valence-corrected chi connectivity index (χ3v) is 9.92. The maximum absolute atomic E-state index is 15.4. The first kappa shape index (κ1) is 30.4. The molecule has 0 bridgehead atoms. The number of hydrogen-bond acceptors (Lipinski definition) is 1. The molecular weight excluding hydrogens is 529 g/mol. The molecule has 2 aliphatic carbocycles. The Kier molecular flexibility index (Phi) is 10.5. The van der Waals surface area contributed by atoms with Crippen molar-refractivity contribution in [3.63, 3.8) is 0 Å². The number of benzene rings is 3. The van der Waals surface area contributed by atoms with Gasteiger partial charge in [0.1, 0.15) is 12.4 Å². The first-order valence-corrected chi connectivity index (χ1v) is 16.1. The molecule has 0 saturated heterocycles. The fraction of sp³-hybridized carbons (Fsp3) is 0.474. The average Bonchev–Trinajstić information content (AvgIpc) is 3.02. The van der Waals surface area contributed by atoms with Crippen LogP contribution < -0.4 is 4.74 Å². The quantitative estimate of drug-likeness (QED) is 0.163. The molecule has 0 radical (unpaired) electrons. The van der Waals surface area contributed by atoms with Crippen LogP contribution in [-0.4, -0.2) is 6.61 Å². The molecule has 1 nitrogen and oxygen atoms in total. The lowest BCUT2D eigenvalue weighted by molar-refractivity contribution is 0.155. The highest BCUT2D eigenvalue weighted by atomic mass is 19.2. The van der Waals surface area contributed by atoms with Gasteiger partial charge in [-0.25, -0.2) is 8.78 Å². The summed E-state index contributed by atoms with van der Waals surface area (Å²) in [6.45, 7) is 5.91. The van der Waals surface area contributed by atoms with Crippen LogP contribution in [0.1, 0.15) is 95.5 Å². The Bertz CT molecular complexity index is 1310. The number of hydrogen-bond donors (Lipinski definition) is 0. The second-order valence-electron chi connectivity index (χ2n) is 12.5. The predicted molar refractivity (Wildman–Crippen MR) is 167 cm³/mol. The van der Waals surface area contributed by atoms with Crippen LogP contribution in [0.25, 0.3) is 22.3 Å². The summed E-state index contributed by atoms with van der Waals surface area (Å²) in [5.74, 6) is 0.670. The molecule has 4 heteroatoms. The van der Waals surface area contributed by atoms with Gasteiger partial charge in [0.15, 0.2) is 11.6 Å². The summed E-state index contributed by atoms with van der Waals surface area (Å²) in [6, 6.07) is 15.6. The average molecular weight is 575 g/mol. The van der Waals surface area contributed by atoms with Gasteiger partial charge in [-0.3, -0.25) is 0 Å². The van der Waals surface area contributed by atoms with Crippen molar-refractivity contribution in [2.24, 2.45) is 17.8 Å². The van der Waals surface area contributed by atoms with Crippen molar-refractivity contribution < 1.29 is 17.9 Å². The van der Waals surface area contributed by atoms with Crippen LogP contribution in [-0.2, 0) is 0 Å². The Labute approximate surface area is 250 Å². The van der Waals surface area contributed by atoms with Crippen LogP contribution in [0.2, 0.25) is 0 Å². The van der Waals surface area contributed by atoms with E-state index in [0.717, 1.165) is 47.3 Å². The third kappa shape index (κ3) is 7.13. The Morgan fingerprint density at radius 2 is 1.38 bits per heavy atom. The van der Waals surface area contributed by atoms with E-state index in [9.17, 15) is 8.78 Å². The molecular formula is C38H45F3O. The number of ether oxygens (including phenoxy) is 1. The summed E-state index contributed by atoms with van der Waals surface area (Å²) in [7, 11) is 0. The van der Waals surface area contributed by atoms with E-state index in [1.165, 1.54) is 82.4 Å². The summed E-state index contributed by atoms with van der Waals surface area (Å²) >= 11 is 0. The first-order valence-electron chi connectivity index (χ1n) is 16.1. The van der Waals surface area contributed by atoms with Crippen molar-refractivity contribution >= 4 is 0 Å². The highest BCUT2D eigenvalue weighted by Gasteiger charge is 2.32. The zero-order valence-corrected chi connectivity index (χ0v) is 25.0. The summed E-state index contributed by atoms with van der Waals surface area (Å²) in [6.07, 6.45) is 17.2. The molecule has 2 fully saturated rings. The van der Waals surface area contributed by atoms with Crippen LogP contribution in [0.4, 0.5) is 13.2 Å². The molecule has 3 aromatic carbocycles. The van der Waals surface area contributed by atoms with E-state index < -0.39 is 11.6 Å². The van der Waals surface area contributed by atoms with Gasteiger partial charge in [-0.1, -0.05) is 94.5 Å². The molecule has 0 aromatic heterocycles. The lowest BCUT2D eigenvalue weighted by Crippen LogP contribution is -2.25. The maximum Gasteiger partial charge on any atom is 0.201 e. The summed E-state index contributed by atoms with van der Waals surface area (Å²) < 4.78 is 49.8. The molecule has 0 N–H and O–H groups in total. The third-order valence-electron chi connectivity index (χ3n) is 9.92. The zero-order valence-electron chi connectivity index (χ0n) is 25.0. The highest BCUT2D eigenvalue weighted by Crippen LogP contribution is 2.45. The Morgan fingerprint density at radius 1 is 0.738 bits per heavy atom. The van der Waals surface area contributed by atoms with Gasteiger partial charge >= 0.3 is 0 Å². The van der Waals surface area contributed by atoms with Crippen molar-refractivity contribution in [2.75, 3.05) is 6.61 Å². The molecule has 0 heterocycles. The SMILES string of the molecule is C=CCOc1ccc(-c2ccc(-c3ccc(C4CCC(C5CCC(CCCCC)CC5)CC4)c(F)c3)cc2)c(F)c1F. The van der Waals surface area contributed by atoms with Crippen molar-refractivity contribution in [3.05, 3.63) is 90.3 Å². The van der Waals surface area contributed by atoms with Crippen molar-refractivity contribution in [1.29, 1.82) is 0 Å². The van der Waals surface area contributed by atoms with Crippen molar-refractivity contribution in [3.8, 4) is 28.0 Å². The topological polar surface area (TPSA) is 9.23 Å². The van der Waals surface area contributed by atoms with E-state index >= 15 is 4.39 Å². The minimum atomic E-state index is -1.02. The van der Waals surface area contributed by atoms with E-state index in [1.807, 2.05) is 24.3 Å². The van der Waals surface area contributed by atoms with Gasteiger partial charge in [-0.2, -0.15) is 4.39 Å². The fourth-order valence-electron chi connectivity index (χ4n) is 7.43. The smallest absolute Gasteiger partial charge is 0.201 e. The van der Waals surface area contributed by atoms with Gasteiger partial charge in [0, 0.05) is 5.56 Å². The Hall–Kier alpha value is -3.01. The molecule has 0 amide bonds.